The van der Waals surface area contributed by atoms with E-state index in [1.807, 2.05) is 0 Å². The van der Waals surface area contributed by atoms with Gasteiger partial charge in [-0.05, 0) is 0 Å². The van der Waals surface area contributed by atoms with Gasteiger partial charge in [-0.25, -0.2) is 18.2 Å². The summed E-state index contributed by atoms with van der Waals surface area (Å²) in [6.45, 7) is 8.98. The van der Waals surface area contributed by atoms with E-state index in [4.69, 9.17) is 0 Å². The number of carbonyl (C=O) groups is 2. The minimum Gasteiger partial charge on any atom is -0.296 e. The van der Waals surface area contributed by atoms with Crippen molar-refractivity contribution in [1.82, 2.24) is 8.61 Å². The molecule has 33 heavy (non-hydrogen) atoms. The van der Waals surface area contributed by atoms with Crippen molar-refractivity contribution in [1.29, 1.82) is 0 Å². The third kappa shape index (κ3) is 13.7. The van der Waals surface area contributed by atoms with E-state index >= 15 is 0 Å². The highest BCUT2D eigenvalue weighted by molar-refractivity contribution is 8.15. The van der Waals surface area contributed by atoms with Crippen molar-refractivity contribution >= 4 is 57.9 Å². The van der Waals surface area contributed by atoms with Gasteiger partial charge in [0.15, 0.2) is 0 Å². The first kappa shape index (κ1) is 31.5. The van der Waals surface area contributed by atoms with E-state index in [0.717, 1.165) is 14.1 Å². The van der Waals surface area contributed by atoms with Gasteiger partial charge in [0.1, 0.15) is 0 Å². The number of hydrogen-bond acceptors (Lipinski definition) is 9. The number of carbonyl (C=O) groups excluding carboxylic acids is 2. The lowest BCUT2D eigenvalue weighted by molar-refractivity contribution is -0.0586. The molecule has 0 aliphatic heterocycles. The molecule has 2 amide bonds. The average molecular weight is 547 g/mol. The van der Waals surface area contributed by atoms with Gasteiger partial charge in [0.05, 0.1) is 12.1 Å². The van der Waals surface area contributed by atoms with Crippen LogP contribution >= 0.6 is 35.7 Å². The number of alkyl halides is 6. The van der Waals surface area contributed by atoms with E-state index in [0.29, 0.717) is 32.1 Å². The molecule has 17 heteroatoms. The maximum absolute atomic E-state index is 13.0. The zero-order chi connectivity index (χ0) is 26.4. The van der Waals surface area contributed by atoms with Gasteiger partial charge in [-0.3, -0.25) is 9.68 Å². The highest BCUT2D eigenvalue weighted by atomic mass is 32.2. The molecule has 0 N–H and O–H groups in total. The van der Waals surface area contributed by atoms with Crippen molar-refractivity contribution in [2.45, 2.75) is 63.4 Å². The first-order valence-corrected chi connectivity index (χ1v) is 11.1. The molecule has 0 spiro atoms. The number of hydrogen-bond donors (Lipinski definition) is 0. The monoisotopic (exact) mass is 546 g/mol. The highest BCUT2D eigenvalue weighted by Crippen LogP contribution is 2.35. The van der Waals surface area contributed by atoms with Crippen LogP contribution in [0.15, 0.2) is 10.3 Å². The molecule has 0 aromatic heterocycles. The topological polar surface area (TPSA) is 83.8 Å². The molecule has 0 rings (SSSR count). The van der Waals surface area contributed by atoms with Crippen LogP contribution < -0.4 is 0 Å². The predicted octanol–water partition coefficient (Wildman–Crippen LogP) is 6.50. The van der Waals surface area contributed by atoms with E-state index in [1.165, 1.54) is 41.5 Å². The van der Waals surface area contributed by atoms with E-state index in [2.05, 4.69) is 20.0 Å². The second-order valence-corrected chi connectivity index (χ2v) is 12.9. The molecule has 0 heterocycles. The van der Waals surface area contributed by atoms with Crippen molar-refractivity contribution in [3.05, 3.63) is 0 Å². The van der Waals surface area contributed by atoms with Crippen molar-refractivity contribution in [3.63, 3.8) is 0 Å². The van der Waals surface area contributed by atoms with Gasteiger partial charge < -0.3 is 0 Å². The Labute approximate surface area is 200 Å². The summed E-state index contributed by atoms with van der Waals surface area (Å²) < 4.78 is 77.5. The lowest BCUT2D eigenvalue weighted by Crippen LogP contribution is -2.30. The Balaban J connectivity index is 5.16. The van der Waals surface area contributed by atoms with Crippen LogP contribution in [0.5, 0.6) is 0 Å². The number of oxime groups is 2. The molecule has 0 aliphatic carbocycles. The molecule has 0 aromatic carbocycles. The quantitative estimate of drug-likeness (QED) is 0.0994. The summed E-state index contributed by atoms with van der Waals surface area (Å²) in [4.78, 5) is 32.3. The summed E-state index contributed by atoms with van der Waals surface area (Å²) >= 11 is 0.914. The van der Waals surface area contributed by atoms with Crippen LogP contribution in [0.1, 0.15) is 41.5 Å². The molecule has 0 unspecified atom stereocenters. The number of halogens is 6. The third-order valence-corrected chi connectivity index (χ3v) is 5.47. The summed E-state index contributed by atoms with van der Waals surface area (Å²) in [7, 11) is 2.05. The van der Waals surface area contributed by atoms with E-state index in [9.17, 15) is 35.9 Å². The molecular formula is C16H24F6N4O4S3. The van der Waals surface area contributed by atoms with Crippen molar-refractivity contribution in [2.24, 2.45) is 10.3 Å². The minimum atomic E-state index is -4.87. The van der Waals surface area contributed by atoms with Crippen molar-refractivity contribution in [2.75, 3.05) is 14.1 Å². The fourth-order valence-electron chi connectivity index (χ4n) is 1.36. The average Bonchev–Trinajstić information content (AvgIpc) is 2.57. The van der Waals surface area contributed by atoms with Crippen molar-refractivity contribution in [3.8, 4) is 0 Å². The first-order chi connectivity index (χ1) is 14.5. The Morgan fingerprint density at radius 1 is 0.667 bits per heavy atom. The second-order valence-electron chi connectivity index (χ2n) is 8.01. The molecule has 0 bridgehead atoms. The number of thioether (sulfide) groups is 2. The number of amides is 2. The van der Waals surface area contributed by atoms with Crippen LogP contribution in [-0.2, 0) is 9.68 Å². The van der Waals surface area contributed by atoms with E-state index in [-0.39, 0.29) is 12.1 Å². The van der Waals surface area contributed by atoms with Gasteiger partial charge in [0.2, 0.25) is 10.1 Å². The van der Waals surface area contributed by atoms with Gasteiger partial charge in [0.25, 0.3) is 0 Å². The van der Waals surface area contributed by atoms with Crippen LogP contribution in [0.25, 0.3) is 0 Å². The molecule has 0 saturated heterocycles. The molecule has 0 radical (unpaired) electrons. The van der Waals surface area contributed by atoms with E-state index < -0.39 is 44.1 Å². The standard InChI is InChI=1S/C16H24F6N4O4S3/c1-13(2,3)31-9(15(17,18)19)23-29-11(27)25(7)33-26(8)12(28)30-24-10(16(20,21)22)32-14(4,5)6/h1-8H3/b23-9-,24-10-. The first-order valence-electron chi connectivity index (χ1n) is 8.79. The van der Waals surface area contributed by atoms with Crippen LogP contribution in [0.4, 0.5) is 35.9 Å². The Morgan fingerprint density at radius 2 is 0.939 bits per heavy atom. The molecule has 0 aromatic rings. The molecule has 192 valence electrons. The zero-order valence-electron chi connectivity index (χ0n) is 18.9. The van der Waals surface area contributed by atoms with Crippen LogP contribution in [0.3, 0.4) is 0 Å². The summed E-state index contributed by atoms with van der Waals surface area (Å²) in [6, 6.07) is 0. The van der Waals surface area contributed by atoms with Gasteiger partial charge in [-0.2, -0.15) is 26.3 Å². The van der Waals surface area contributed by atoms with Gasteiger partial charge in [-0.1, -0.05) is 75.4 Å². The van der Waals surface area contributed by atoms with Crippen LogP contribution in [0.2, 0.25) is 0 Å². The summed E-state index contributed by atoms with van der Waals surface area (Å²) in [6.07, 6.45) is -12.5. The fourth-order valence-corrected chi connectivity index (χ4v) is 3.47. The van der Waals surface area contributed by atoms with Crippen LogP contribution in [0, 0.1) is 0 Å². The SMILES string of the molecule is CN(SN(C)C(=O)O/N=C(\SC(C)(C)C)C(F)(F)F)C(=O)O/N=C(\SC(C)(C)C)C(F)(F)F. The Morgan fingerprint density at radius 3 is 1.15 bits per heavy atom. The molecule has 0 fully saturated rings. The number of nitrogens with zero attached hydrogens (tertiary/aromatic N) is 4. The Kier molecular flexibility index (Phi) is 11.2. The molecule has 8 nitrogen and oxygen atoms in total. The Bertz CT molecular complexity index is 699. The van der Waals surface area contributed by atoms with E-state index in [1.54, 1.807) is 0 Å². The van der Waals surface area contributed by atoms with Gasteiger partial charge in [-0.15, -0.1) is 0 Å². The minimum absolute atomic E-state index is 0.263. The lowest BCUT2D eigenvalue weighted by Gasteiger charge is -2.21. The van der Waals surface area contributed by atoms with Gasteiger partial charge in [0, 0.05) is 23.6 Å². The molecule has 0 aliphatic rings. The normalized spacial score (nSPS) is 14.1. The Hall–Kier alpha value is -1.49. The molecular weight excluding hydrogens is 522 g/mol. The van der Waals surface area contributed by atoms with Crippen molar-refractivity contribution < 1.29 is 45.6 Å². The summed E-state index contributed by atoms with van der Waals surface area (Å²) in [5.41, 5.74) is 0. The lowest BCUT2D eigenvalue weighted by atomic mass is 10.3. The maximum Gasteiger partial charge on any atom is 0.447 e. The zero-order valence-corrected chi connectivity index (χ0v) is 21.4. The maximum atomic E-state index is 13.0. The summed E-state index contributed by atoms with van der Waals surface area (Å²) in [5, 5.41) is 2.87. The van der Waals surface area contributed by atoms with Crippen LogP contribution in [-0.4, -0.2) is 66.8 Å². The summed E-state index contributed by atoms with van der Waals surface area (Å²) in [5.74, 6) is 0. The number of rotatable bonds is 4. The fraction of sp³-hybridized carbons (Fsp3) is 0.750. The third-order valence-electron chi connectivity index (χ3n) is 2.46. The smallest absolute Gasteiger partial charge is 0.296 e. The molecule has 0 saturated carbocycles. The highest BCUT2D eigenvalue weighted by Gasteiger charge is 2.41. The molecule has 0 atom stereocenters. The second kappa shape index (κ2) is 11.8. The largest absolute Gasteiger partial charge is 0.447 e. The van der Waals surface area contributed by atoms with Gasteiger partial charge >= 0.3 is 24.5 Å². The predicted molar refractivity (Wildman–Crippen MR) is 118 cm³/mol.